The number of sulfonamides is 1. The molecule has 3 rings (SSSR count). The molecule has 0 aliphatic carbocycles. The number of fused-ring (bicyclic) bond motifs is 1. The summed E-state index contributed by atoms with van der Waals surface area (Å²) in [5.41, 5.74) is 1.05. The van der Waals surface area contributed by atoms with Gasteiger partial charge in [0.25, 0.3) is 0 Å². The van der Waals surface area contributed by atoms with Gasteiger partial charge in [0.1, 0.15) is 0 Å². The standard InChI is InChI=1S/C20H32N4O5S/c1-3-21-20(24(2)14-16-7-8-18-19(12-16)29-15-28-18)22-9-11-30(25,26)23-13-17-6-4-5-10-27-17/h7-8,12,17,23H,3-6,9-11,13-15H2,1-2H3,(H,21,22). The fourth-order valence-corrected chi connectivity index (χ4v) is 4.31. The zero-order chi connectivity index (χ0) is 21.4. The SMILES string of the molecule is CCNC(=NCCS(=O)(=O)NCC1CCCCO1)N(C)Cc1ccc2c(c1)OCO2. The lowest BCUT2D eigenvalue weighted by Crippen LogP contribution is -2.39. The lowest BCUT2D eigenvalue weighted by Gasteiger charge is -2.23. The van der Waals surface area contributed by atoms with Crippen molar-refractivity contribution in [1.82, 2.24) is 14.9 Å². The Hall–Kier alpha value is -2.04. The van der Waals surface area contributed by atoms with Crippen molar-refractivity contribution in [2.75, 3.05) is 45.8 Å². The molecule has 1 fully saturated rings. The Labute approximate surface area is 178 Å². The van der Waals surface area contributed by atoms with Gasteiger partial charge in [-0.2, -0.15) is 0 Å². The van der Waals surface area contributed by atoms with Gasteiger partial charge in [0.15, 0.2) is 17.5 Å². The fourth-order valence-electron chi connectivity index (χ4n) is 3.39. The maximum absolute atomic E-state index is 12.3. The second-order valence-electron chi connectivity index (χ2n) is 7.44. The van der Waals surface area contributed by atoms with Crippen molar-refractivity contribution in [3.8, 4) is 11.5 Å². The van der Waals surface area contributed by atoms with E-state index >= 15 is 0 Å². The van der Waals surface area contributed by atoms with Gasteiger partial charge in [-0.1, -0.05) is 6.07 Å². The number of nitrogens with zero attached hydrogens (tertiary/aromatic N) is 2. The highest BCUT2D eigenvalue weighted by molar-refractivity contribution is 7.89. The summed E-state index contributed by atoms with van der Waals surface area (Å²) >= 11 is 0. The van der Waals surface area contributed by atoms with Crippen molar-refractivity contribution in [2.24, 2.45) is 4.99 Å². The summed E-state index contributed by atoms with van der Waals surface area (Å²) in [7, 11) is -1.48. The molecule has 2 N–H and O–H groups in total. The van der Waals surface area contributed by atoms with Gasteiger partial charge in [-0.15, -0.1) is 0 Å². The highest BCUT2D eigenvalue weighted by Crippen LogP contribution is 2.32. The van der Waals surface area contributed by atoms with Crippen LogP contribution in [0.15, 0.2) is 23.2 Å². The van der Waals surface area contributed by atoms with E-state index in [-0.39, 0.29) is 25.2 Å². The number of hydrogen-bond donors (Lipinski definition) is 2. The van der Waals surface area contributed by atoms with Crippen LogP contribution in [0.1, 0.15) is 31.7 Å². The topological polar surface area (TPSA) is 101 Å². The smallest absolute Gasteiger partial charge is 0.231 e. The number of guanidine groups is 1. The van der Waals surface area contributed by atoms with E-state index in [0.29, 0.717) is 32.2 Å². The van der Waals surface area contributed by atoms with E-state index in [2.05, 4.69) is 15.0 Å². The van der Waals surface area contributed by atoms with Crippen LogP contribution in [0.2, 0.25) is 0 Å². The molecule has 1 saturated heterocycles. The Morgan fingerprint density at radius 3 is 2.87 bits per heavy atom. The molecule has 9 nitrogen and oxygen atoms in total. The molecule has 10 heteroatoms. The van der Waals surface area contributed by atoms with E-state index in [1.807, 2.05) is 37.1 Å². The van der Waals surface area contributed by atoms with Crippen molar-refractivity contribution in [1.29, 1.82) is 0 Å². The first-order valence-corrected chi connectivity index (χ1v) is 12.1. The Morgan fingerprint density at radius 2 is 2.10 bits per heavy atom. The van der Waals surface area contributed by atoms with Gasteiger partial charge >= 0.3 is 0 Å². The highest BCUT2D eigenvalue weighted by atomic mass is 32.2. The third-order valence-electron chi connectivity index (χ3n) is 4.98. The molecule has 1 aromatic rings. The molecule has 168 valence electrons. The summed E-state index contributed by atoms with van der Waals surface area (Å²) in [6.45, 7) is 4.73. The Bertz CT molecular complexity index is 824. The fraction of sp³-hybridized carbons (Fsp3) is 0.650. The first-order valence-electron chi connectivity index (χ1n) is 10.4. The molecular weight excluding hydrogens is 408 g/mol. The monoisotopic (exact) mass is 440 g/mol. The maximum atomic E-state index is 12.3. The van der Waals surface area contributed by atoms with Crippen LogP contribution >= 0.6 is 0 Å². The highest BCUT2D eigenvalue weighted by Gasteiger charge is 2.18. The molecule has 0 spiro atoms. The third kappa shape index (κ3) is 6.75. The molecule has 2 aliphatic rings. The van der Waals surface area contributed by atoms with Crippen molar-refractivity contribution >= 4 is 16.0 Å². The van der Waals surface area contributed by atoms with Gasteiger partial charge < -0.3 is 24.4 Å². The molecule has 1 aromatic carbocycles. The average molecular weight is 441 g/mol. The minimum Gasteiger partial charge on any atom is -0.454 e. The summed E-state index contributed by atoms with van der Waals surface area (Å²) in [4.78, 5) is 6.44. The molecule has 1 atom stereocenters. The maximum Gasteiger partial charge on any atom is 0.231 e. The van der Waals surface area contributed by atoms with Crippen LogP contribution in [0.5, 0.6) is 11.5 Å². The van der Waals surface area contributed by atoms with Crippen LogP contribution in [-0.4, -0.2) is 71.2 Å². The normalized spacial score (nSPS) is 19.0. The van der Waals surface area contributed by atoms with Crippen LogP contribution in [0, 0.1) is 0 Å². The quantitative estimate of drug-likeness (QED) is 0.441. The van der Waals surface area contributed by atoms with Crippen molar-refractivity contribution in [2.45, 2.75) is 38.8 Å². The number of rotatable bonds is 9. The Kier molecular flexibility index (Phi) is 8.17. The van der Waals surface area contributed by atoms with Crippen LogP contribution in [0.3, 0.4) is 0 Å². The summed E-state index contributed by atoms with van der Waals surface area (Å²) in [5, 5.41) is 3.21. The second kappa shape index (κ2) is 10.8. The Morgan fingerprint density at radius 1 is 1.27 bits per heavy atom. The van der Waals surface area contributed by atoms with E-state index in [0.717, 1.165) is 36.3 Å². The molecule has 0 radical (unpaired) electrons. The zero-order valence-corrected chi connectivity index (χ0v) is 18.5. The Balaban J connectivity index is 1.51. The van der Waals surface area contributed by atoms with E-state index in [9.17, 15) is 8.42 Å². The summed E-state index contributed by atoms with van der Waals surface area (Å²) in [6, 6.07) is 5.82. The first-order chi connectivity index (χ1) is 14.5. The number of benzene rings is 1. The van der Waals surface area contributed by atoms with Gasteiger partial charge in [-0.3, -0.25) is 4.99 Å². The molecule has 0 amide bonds. The van der Waals surface area contributed by atoms with Crippen LogP contribution in [0.25, 0.3) is 0 Å². The van der Waals surface area contributed by atoms with Crippen LogP contribution in [-0.2, 0) is 21.3 Å². The van der Waals surface area contributed by atoms with E-state index in [1.54, 1.807) is 0 Å². The lowest BCUT2D eigenvalue weighted by atomic mass is 10.1. The third-order valence-corrected chi connectivity index (χ3v) is 6.31. The predicted molar refractivity (Wildman–Crippen MR) is 115 cm³/mol. The molecule has 0 bridgehead atoms. The van der Waals surface area contributed by atoms with E-state index in [4.69, 9.17) is 14.2 Å². The lowest BCUT2D eigenvalue weighted by molar-refractivity contribution is 0.0200. The number of aliphatic imine (C=N–C) groups is 1. The van der Waals surface area contributed by atoms with Gasteiger partial charge in [-0.25, -0.2) is 13.1 Å². The van der Waals surface area contributed by atoms with Crippen molar-refractivity contribution in [3.63, 3.8) is 0 Å². The average Bonchev–Trinajstić information content (AvgIpc) is 3.20. The predicted octanol–water partition coefficient (Wildman–Crippen LogP) is 1.30. The molecular formula is C20H32N4O5S. The second-order valence-corrected chi connectivity index (χ2v) is 9.36. The van der Waals surface area contributed by atoms with E-state index < -0.39 is 10.0 Å². The van der Waals surface area contributed by atoms with Gasteiger partial charge in [0, 0.05) is 33.3 Å². The molecule has 30 heavy (non-hydrogen) atoms. The number of nitrogens with one attached hydrogen (secondary N) is 2. The molecule has 0 aromatic heterocycles. The minimum atomic E-state index is -3.40. The van der Waals surface area contributed by atoms with E-state index in [1.165, 1.54) is 0 Å². The molecule has 2 heterocycles. The zero-order valence-electron chi connectivity index (χ0n) is 17.7. The van der Waals surface area contributed by atoms with Crippen molar-refractivity contribution < 1.29 is 22.6 Å². The van der Waals surface area contributed by atoms with Crippen LogP contribution in [0.4, 0.5) is 0 Å². The largest absolute Gasteiger partial charge is 0.454 e. The molecule has 2 aliphatic heterocycles. The summed E-state index contributed by atoms with van der Waals surface area (Å²) in [5.74, 6) is 2.08. The number of hydrogen-bond acceptors (Lipinski definition) is 6. The summed E-state index contributed by atoms with van der Waals surface area (Å²) in [6.07, 6.45) is 3.00. The summed E-state index contributed by atoms with van der Waals surface area (Å²) < 4.78 is 43.6. The minimum absolute atomic E-state index is 0.0258. The van der Waals surface area contributed by atoms with Gasteiger partial charge in [-0.05, 0) is 43.9 Å². The van der Waals surface area contributed by atoms with Gasteiger partial charge in [0.2, 0.25) is 16.8 Å². The molecule has 0 saturated carbocycles. The van der Waals surface area contributed by atoms with Crippen LogP contribution < -0.4 is 19.5 Å². The molecule has 1 unspecified atom stereocenters. The van der Waals surface area contributed by atoms with Crippen molar-refractivity contribution in [3.05, 3.63) is 23.8 Å². The first kappa shape index (κ1) is 22.6. The number of ether oxygens (including phenoxy) is 3. The van der Waals surface area contributed by atoms with Gasteiger partial charge in [0.05, 0.1) is 18.4 Å².